The third-order valence-electron chi connectivity index (χ3n) is 4.97. The number of nitrogens with one attached hydrogen (secondary N) is 1. The van der Waals surface area contributed by atoms with Gasteiger partial charge in [-0.15, -0.1) is 11.3 Å². The number of hydrogen-bond acceptors (Lipinski definition) is 4. The van der Waals surface area contributed by atoms with E-state index in [2.05, 4.69) is 5.32 Å². The Morgan fingerprint density at radius 2 is 2.17 bits per heavy atom. The van der Waals surface area contributed by atoms with Gasteiger partial charge in [0.2, 0.25) is 5.91 Å². The lowest BCUT2D eigenvalue weighted by Crippen LogP contribution is -2.46. The number of amides is 2. The maximum Gasteiger partial charge on any atom is 0.263 e. The van der Waals surface area contributed by atoms with Crippen LogP contribution in [0.15, 0.2) is 17.5 Å². The minimum absolute atomic E-state index is 0.0211. The number of rotatable bonds is 4. The molecule has 1 aromatic heterocycles. The summed E-state index contributed by atoms with van der Waals surface area (Å²) in [6, 6.07) is 3.71. The van der Waals surface area contributed by atoms with E-state index in [1.54, 1.807) is 4.90 Å². The van der Waals surface area contributed by atoms with E-state index in [0.29, 0.717) is 13.1 Å². The number of carbonyl (C=O) groups excluding carboxylic acids is 2. The second-order valence-electron chi connectivity index (χ2n) is 6.57. The molecule has 2 heterocycles. The van der Waals surface area contributed by atoms with Crippen LogP contribution in [0.5, 0.6) is 0 Å². The molecular formula is C17H24N2O3S. The van der Waals surface area contributed by atoms with E-state index in [-0.39, 0.29) is 29.8 Å². The summed E-state index contributed by atoms with van der Waals surface area (Å²) in [6.45, 7) is 1.77. The van der Waals surface area contributed by atoms with Gasteiger partial charge in [-0.1, -0.05) is 12.5 Å². The summed E-state index contributed by atoms with van der Waals surface area (Å²) in [7, 11) is 0. The van der Waals surface area contributed by atoms with Gasteiger partial charge in [-0.05, 0) is 37.1 Å². The van der Waals surface area contributed by atoms with Crippen LogP contribution in [0, 0.1) is 11.8 Å². The molecule has 0 bridgehead atoms. The van der Waals surface area contributed by atoms with Crippen molar-refractivity contribution in [2.24, 2.45) is 11.8 Å². The van der Waals surface area contributed by atoms with Crippen LogP contribution in [0.4, 0.5) is 0 Å². The molecule has 2 aliphatic rings. The molecule has 1 aliphatic heterocycles. The number of aliphatic hydroxyl groups excluding tert-OH is 1. The van der Waals surface area contributed by atoms with E-state index >= 15 is 0 Å². The highest BCUT2D eigenvalue weighted by molar-refractivity contribution is 7.12. The first-order valence-corrected chi connectivity index (χ1v) is 9.31. The van der Waals surface area contributed by atoms with Gasteiger partial charge in [0.1, 0.15) is 0 Å². The summed E-state index contributed by atoms with van der Waals surface area (Å²) in [5, 5.41) is 14.7. The number of likely N-dealkylation sites (tertiary alicyclic amines) is 1. The molecule has 126 valence electrons. The Balaban J connectivity index is 1.51. The van der Waals surface area contributed by atoms with Crippen molar-refractivity contribution in [1.29, 1.82) is 0 Å². The van der Waals surface area contributed by atoms with Crippen LogP contribution in [0.2, 0.25) is 0 Å². The van der Waals surface area contributed by atoms with E-state index in [1.807, 2.05) is 17.5 Å². The highest BCUT2D eigenvalue weighted by atomic mass is 32.1. The number of aliphatic hydroxyl groups is 1. The molecule has 3 unspecified atom stereocenters. The summed E-state index contributed by atoms with van der Waals surface area (Å²) >= 11 is 1.44. The van der Waals surface area contributed by atoms with Gasteiger partial charge < -0.3 is 15.3 Å². The van der Waals surface area contributed by atoms with Crippen molar-refractivity contribution in [2.45, 2.75) is 38.2 Å². The molecule has 5 nitrogen and oxygen atoms in total. The molecule has 1 saturated heterocycles. The second-order valence-corrected chi connectivity index (χ2v) is 7.52. The number of hydrogen-bond donors (Lipinski definition) is 2. The number of carbonyl (C=O) groups is 2. The average Bonchev–Trinajstić information content (AvgIpc) is 3.24. The van der Waals surface area contributed by atoms with Crippen LogP contribution in [-0.2, 0) is 4.79 Å². The Hall–Kier alpha value is -1.40. The van der Waals surface area contributed by atoms with E-state index in [1.165, 1.54) is 11.3 Å². The summed E-state index contributed by atoms with van der Waals surface area (Å²) < 4.78 is 0. The van der Waals surface area contributed by atoms with Crippen molar-refractivity contribution >= 4 is 23.2 Å². The first-order chi connectivity index (χ1) is 11.1. The molecule has 0 radical (unpaired) electrons. The predicted molar refractivity (Wildman–Crippen MR) is 89.3 cm³/mol. The third kappa shape index (κ3) is 3.93. The molecule has 3 rings (SSSR count). The molecule has 3 atom stereocenters. The summed E-state index contributed by atoms with van der Waals surface area (Å²) in [5.74, 6) is 0.106. The molecule has 6 heteroatoms. The van der Waals surface area contributed by atoms with Gasteiger partial charge in [-0.2, -0.15) is 0 Å². The van der Waals surface area contributed by atoms with Gasteiger partial charge in [0.25, 0.3) is 5.91 Å². The van der Waals surface area contributed by atoms with Gasteiger partial charge in [0.15, 0.2) is 0 Å². The lowest BCUT2D eigenvalue weighted by atomic mass is 9.96. The van der Waals surface area contributed by atoms with Crippen molar-refractivity contribution in [3.8, 4) is 0 Å². The zero-order valence-corrected chi connectivity index (χ0v) is 14.1. The number of nitrogens with zero attached hydrogens (tertiary/aromatic N) is 1. The third-order valence-corrected chi connectivity index (χ3v) is 5.83. The lowest BCUT2D eigenvalue weighted by Gasteiger charge is -2.32. The quantitative estimate of drug-likeness (QED) is 0.882. The first-order valence-electron chi connectivity index (χ1n) is 8.43. The molecule has 23 heavy (non-hydrogen) atoms. The Kier molecular flexibility index (Phi) is 5.33. The maximum atomic E-state index is 12.4. The van der Waals surface area contributed by atoms with Gasteiger partial charge in [0, 0.05) is 25.6 Å². The molecule has 2 N–H and O–H groups in total. The molecule has 0 aromatic carbocycles. The first kappa shape index (κ1) is 16.5. The Labute approximate surface area is 140 Å². The molecular weight excluding hydrogens is 312 g/mol. The van der Waals surface area contributed by atoms with E-state index < -0.39 is 0 Å². The van der Waals surface area contributed by atoms with Crippen molar-refractivity contribution in [3.63, 3.8) is 0 Å². The lowest BCUT2D eigenvalue weighted by molar-refractivity contribution is -0.126. The summed E-state index contributed by atoms with van der Waals surface area (Å²) in [4.78, 5) is 27.3. The summed E-state index contributed by atoms with van der Waals surface area (Å²) in [6.07, 6.45) is 4.27. The largest absolute Gasteiger partial charge is 0.393 e. The number of piperidine rings is 1. The fourth-order valence-corrected chi connectivity index (χ4v) is 4.25. The van der Waals surface area contributed by atoms with Crippen molar-refractivity contribution in [3.05, 3.63) is 22.4 Å². The molecule has 1 saturated carbocycles. The Morgan fingerprint density at radius 1 is 1.30 bits per heavy atom. The molecule has 2 fully saturated rings. The van der Waals surface area contributed by atoms with Crippen LogP contribution in [0.25, 0.3) is 0 Å². The predicted octanol–water partition coefficient (Wildman–Crippen LogP) is 1.88. The van der Waals surface area contributed by atoms with Crippen molar-refractivity contribution in [2.75, 3.05) is 19.6 Å². The highest BCUT2D eigenvalue weighted by Crippen LogP contribution is 2.25. The van der Waals surface area contributed by atoms with Crippen LogP contribution in [0.3, 0.4) is 0 Å². The standard InChI is InChI=1S/C17H24N2O3S/c20-14-6-1-4-12(14)10-18-16(21)13-5-2-8-19(11-13)17(22)15-7-3-9-23-15/h3,7,9,12-14,20H,1-2,4-6,8,10-11H2,(H,18,21). The van der Waals surface area contributed by atoms with Crippen LogP contribution in [-0.4, -0.2) is 47.6 Å². The van der Waals surface area contributed by atoms with Crippen LogP contribution >= 0.6 is 11.3 Å². The van der Waals surface area contributed by atoms with Crippen molar-refractivity contribution < 1.29 is 14.7 Å². The Bertz CT molecular complexity index is 546. The van der Waals surface area contributed by atoms with Crippen LogP contribution in [0.1, 0.15) is 41.8 Å². The minimum atomic E-state index is -0.279. The SMILES string of the molecule is O=C(NCC1CCCC1O)C1CCCN(C(=O)c2cccs2)C1. The zero-order valence-electron chi connectivity index (χ0n) is 13.2. The molecule has 1 aliphatic carbocycles. The summed E-state index contributed by atoms with van der Waals surface area (Å²) in [5.41, 5.74) is 0. The fourth-order valence-electron chi connectivity index (χ4n) is 3.56. The van der Waals surface area contributed by atoms with Gasteiger partial charge in [-0.3, -0.25) is 9.59 Å². The van der Waals surface area contributed by atoms with Gasteiger partial charge in [-0.25, -0.2) is 0 Å². The van der Waals surface area contributed by atoms with E-state index in [9.17, 15) is 14.7 Å². The van der Waals surface area contributed by atoms with Gasteiger partial charge in [0.05, 0.1) is 16.9 Å². The normalized spacial score (nSPS) is 27.9. The maximum absolute atomic E-state index is 12.4. The molecule has 2 amide bonds. The molecule has 0 spiro atoms. The average molecular weight is 336 g/mol. The minimum Gasteiger partial charge on any atom is -0.393 e. The topological polar surface area (TPSA) is 69.6 Å². The molecule has 1 aromatic rings. The van der Waals surface area contributed by atoms with Crippen molar-refractivity contribution in [1.82, 2.24) is 10.2 Å². The highest BCUT2D eigenvalue weighted by Gasteiger charge is 2.31. The Morgan fingerprint density at radius 3 is 2.87 bits per heavy atom. The van der Waals surface area contributed by atoms with E-state index in [4.69, 9.17) is 0 Å². The van der Waals surface area contributed by atoms with Gasteiger partial charge >= 0.3 is 0 Å². The monoisotopic (exact) mass is 336 g/mol. The zero-order chi connectivity index (χ0) is 16.2. The van der Waals surface area contributed by atoms with E-state index in [0.717, 1.165) is 43.5 Å². The fraction of sp³-hybridized carbons (Fsp3) is 0.647. The second kappa shape index (κ2) is 7.45. The smallest absolute Gasteiger partial charge is 0.263 e. The number of thiophene rings is 1. The van der Waals surface area contributed by atoms with Crippen LogP contribution < -0.4 is 5.32 Å².